The molecule has 0 fully saturated rings. The second-order valence-electron chi connectivity index (χ2n) is 5.38. The maximum absolute atomic E-state index is 12.0. The number of thioether (sulfide) groups is 1. The average Bonchev–Trinajstić information content (AvgIpc) is 3.16. The number of nitrogens with one attached hydrogen (secondary N) is 1. The van der Waals surface area contributed by atoms with Crippen molar-refractivity contribution >= 4 is 23.7 Å². The number of ether oxygens (including phenoxy) is 2. The first-order valence-electron chi connectivity index (χ1n) is 8.31. The van der Waals surface area contributed by atoms with Gasteiger partial charge in [-0.3, -0.25) is 10.1 Å². The highest BCUT2D eigenvalue weighted by molar-refractivity contribution is 7.98. The maximum Gasteiger partial charge on any atom is 0.322 e. The Morgan fingerprint density at radius 2 is 1.70 bits per heavy atom. The number of carbonyl (C=O) groups is 1. The quantitative estimate of drug-likeness (QED) is 0.589. The van der Waals surface area contributed by atoms with Gasteiger partial charge in [0.2, 0.25) is 5.89 Å². The molecule has 1 heterocycles. The average molecular weight is 385 g/mol. The first-order valence-corrected chi connectivity index (χ1v) is 9.54. The van der Waals surface area contributed by atoms with Gasteiger partial charge in [0.25, 0.3) is 5.91 Å². The molecule has 0 aliphatic carbocycles. The van der Waals surface area contributed by atoms with E-state index in [9.17, 15) is 4.79 Å². The van der Waals surface area contributed by atoms with Gasteiger partial charge < -0.3 is 13.9 Å². The summed E-state index contributed by atoms with van der Waals surface area (Å²) in [5.41, 5.74) is 0.784. The number of rotatable bonds is 8. The summed E-state index contributed by atoms with van der Waals surface area (Å²) < 4.78 is 16.3. The SMILES string of the molecule is CCOc1ccc(OCC(=O)Nc2nnc(-c3ccc(SC)cc3)o2)cc1. The number of anilines is 1. The number of benzene rings is 2. The van der Waals surface area contributed by atoms with Gasteiger partial charge in [-0.1, -0.05) is 5.10 Å². The first kappa shape index (κ1) is 18.8. The Kier molecular flexibility index (Phi) is 6.32. The molecule has 1 N–H and O–H groups in total. The molecule has 2 aromatic carbocycles. The molecule has 0 atom stereocenters. The summed E-state index contributed by atoms with van der Waals surface area (Å²) >= 11 is 1.65. The van der Waals surface area contributed by atoms with E-state index < -0.39 is 5.91 Å². The number of amides is 1. The van der Waals surface area contributed by atoms with E-state index in [4.69, 9.17) is 13.9 Å². The summed E-state index contributed by atoms with van der Waals surface area (Å²) in [6.07, 6.45) is 2.00. The zero-order chi connectivity index (χ0) is 19.1. The van der Waals surface area contributed by atoms with Crippen molar-refractivity contribution < 1.29 is 18.7 Å². The Morgan fingerprint density at radius 1 is 1.04 bits per heavy atom. The molecular formula is C19H19N3O4S. The molecule has 1 amide bonds. The van der Waals surface area contributed by atoms with Crippen molar-refractivity contribution in [3.05, 3.63) is 48.5 Å². The molecule has 0 bridgehead atoms. The largest absolute Gasteiger partial charge is 0.494 e. The van der Waals surface area contributed by atoms with E-state index in [2.05, 4.69) is 15.5 Å². The van der Waals surface area contributed by atoms with Crippen molar-refractivity contribution in [2.45, 2.75) is 11.8 Å². The highest BCUT2D eigenvalue weighted by atomic mass is 32.2. The van der Waals surface area contributed by atoms with Crippen molar-refractivity contribution in [2.75, 3.05) is 24.8 Å². The lowest BCUT2D eigenvalue weighted by Gasteiger charge is -2.07. The Hall–Kier alpha value is -3.00. The molecule has 0 spiro atoms. The zero-order valence-corrected chi connectivity index (χ0v) is 15.8. The van der Waals surface area contributed by atoms with Crippen LogP contribution < -0.4 is 14.8 Å². The summed E-state index contributed by atoms with van der Waals surface area (Å²) in [6, 6.07) is 14.8. The van der Waals surface area contributed by atoms with Gasteiger partial charge in [-0.15, -0.1) is 16.9 Å². The third-order valence-electron chi connectivity index (χ3n) is 3.51. The maximum atomic E-state index is 12.0. The Balaban J connectivity index is 1.52. The predicted octanol–water partition coefficient (Wildman–Crippen LogP) is 3.87. The van der Waals surface area contributed by atoms with Gasteiger partial charge >= 0.3 is 6.01 Å². The predicted molar refractivity (Wildman–Crippen MR) is 103 cm³/mol. The summed E-state index contributed by atoms with van der Waals surface area (Å²) in [7, 11) is 0. The van der Waals surface area contributed by atoms with Crippen molar-refractivity contribution in [1.29, 1.82) is 0 Å². The molecule has 1 aromatic heterocycles. The fourth-order valence-corrected chi connectivity index (χ4v) is 2.64. The second kappa shape index (κ2) is 9.09. The smallest absolute Gasteiger partial charge is 0.322 e. The van der Waals surface area contributed by atoms with Crippen LogP contribution in [-0.2, 0) is 4.79 Å². The van der Waals surface area contributed by atoms with Gasteiger partial charge in [0, 0.05) is 10.5 Å². The monoisotopic (exact) mass is 385 g/mol. The van der Waals surface area contributed by atoms with Gasteiger partial charge in [0.05, 0.1) is 6.61 Å². The lowest BCUT2D eigenvalue weighted by Crippen LogP contribution is -2.20. The van der Waals surface area contributed by atoms with E-state index in [1.165, 1.54) is 0 Å². The van der Waals surface area contributed by atoms with E-state index in [0.717, 1.165) is 16.2 Å². The molecule has 0 unspecified atom stereocenters. The minimum Gasteiger partial charge on any atom is -0.494 e. The summed E-state index contributed by atoms with van der Waals surface area (Å²) in [6.45, 7) is 2.33. The van der Waals surface area contributed by atoms with Crippen LogP contribution in [0, 0.1) is 0 Å². The minimum atomic E-state index is -0.392. The Bertz CT molecular complexity index is 879. The van der Waals surface area contributed by atoms with Crippen LogP contribution >= 0.6 is 11.8 Å². The van der Waals surface area contributed by atoms with Crippen LogP contribution in [0.1, 0.15) is 6.92 Å². The molecular weight excluding hydrogens is 366 g/mol. The van der Waals surface area contributed by atoms with Gasteiger partial charge in [0.1, 0.15) is 11.5 Å². The van der Waals surface area contributed by atoms with E-state index in [1.807, 2.05) is 37.4 Å². The van der Waals surface area contributed by atoms with Gasteiger partial charge in [-0.2, -0.15) is 0 Å². The zero-order valence-electron chi connectivity index (χ0n) is 15.0. The molecule has 3 rings (SSSR count). The van der Waals surface area contributed by atoms with Gasteiger partial charge in [-0.25, -0.2) is 0 Å². The molecule has 0 saturated carbocycles. The summed E-state index contributed by atoms with van der Waals surface area (Å²) in [5, 5.41) is 10.3. The van der Waals surface area contributed by atoms with E-state index in [1.54, 1.807) is 36.0 Å². The van der Waals surface area contributed by atoms with Crippen LogP contribution in [0.4, 0.5) is 6.01 Å². The lowest BCUT2D eigenvalue weighted by molar-refractivity contribution is -0.118. The highest BCUT2D eigenvalue weighted by Gasteiger charge is 2.12. The lowest BCUT2D eigenvalue weighted by atomic mass is 10.2. The second-order valence-corrected chi connectivity index (χ2v) is 6.26. The molecule has 27 heavy (non-hydrogen) atoms. The minimum absolute atomic E-state index is 0.0271. The Morgan fingerprint density at radius 3 is 2.33 bits per heavy atom. The molecule has 0 saturated heterocycles. The Labute approximate surface area is 161 Å². The third kappa shape index (κ3) is 5.24. The van der Waals surface area contributed by atoms with Crippen LogP contribution in [0.2, 0.25) is 0 Å². The third-order valence-corrected chi connectivity index (χ3v) is 4.26. The molecule has 8 heteroatoms. The summed E-state index contributed by atoms with van der Waals surface area (Å²) in [4.78, 5) is 13.1. The number of aromatic nitrogens is 2. The topological polar surface area (TPSA) is 86.5 Å². The number of carbonyl (C=O) groups excluding carboxylic acids is 1. The molecule has 3 aromatic rings. The number of hydrogen-bond donors (Lipinski definition) is 1. The highest BCUT2D eigenvalue weighted by Crippen LogP contribution is 2.23. The van der Waals surface area contributed by atoms with Crippen LogP contribution in [-0.4, -0.2) is 35.6 Å². The molecule has 0 radical (unpaired) electrons. The van der Waals surface area contributed by atoms with Gasteiger partial charge in [-0.05, 0) is 61.7 Å². The molecule has 0 aliphatic heterocycles. The fraction of sp³-hybridized carbons (Fsp3) is 0.211. The van der Waals surface area contributed by atoms with Gasteiger partial charge in [0.15, 0.2) is 6.61 Å². The van der Waals surface area contributed by atoms with E-state index in [-0.39, 0.29) is 12.6 Å². The van der Waals surface area contributed by atoms with Crippen LogP contribution in [0.15, 0.2) is 57.8 Å². The van der Waals surface area contributed by atoms with Crippen LogP contribution in [0.5, 0.6) is 11.5 Å². The first-order chi connectivity index (χ1) is 13.2. The normalized spacial score (nSPS) is 10.4. The van der Waals surface area contributed by atoms with Crippen LogP contribution in [0.3, 0.4) is 0 Å². The van der Waals surface area contributed by atoms with E-state index >= 15 is 0 Å². The van der Waals surface area contributed by atoms with Crippen LogP contribution in [0.25, 0.3) is 11.5 Å². The van der Waals surface area contributed by atoms with E-state index in [0.29, 0.717) is 18.2 Å². The number of nitrogens with zero attached hydrogens (tertiary/aromatic N) is 2. The van der Waals surface area contributed by atoms with Crippen molar-refractivity contribution in [1.82, 2.24) is 10.2 Å². The standard InChI is InChI=1S/C19H19N3O4S/c1-3-24-14-6-8-15(9-7-14)25-12-17(23)20-19-22-21-18(26-19)13-4-10-16(27-2)11-5-13/h4-11H,3,12H2,1-2H3,(H,20,22,23). The molecule has 140 valence electrons. The summed E-state index contributed by atoms with van der Waals surface area (Å²) in [5.74, 6) is 1.26. The van der Waals surface area contributed by atoms with Crippen molar-refractivity contribution in [3.63, 3.8) is 0 Å². The van der Waals surface area contributed by atoms with Crippen molar-refractivity contribution in [2.24, 2.45) is 0 Å². The molecule has 0 aliphatic rings. The van der Waals surface area contributed by atoms with Crippen molar-refractivity contribution in [3.8, 4) is 23.0 Å². The number of hydrogen-bond acceptors (Lipinski definition) is 7. The fourth-order valence-electron chi connectivity index (χ4n) is 2.23. The molecule has 7 nitrogen and oxygen atoms in total.